The molecule has 2 amide bonds. The van der Waals surface area contributed by atoms with E-state index in [1.165, 1.54) is 0 Å². The number of urea groups is 1. The molecular formula is C8H19N3O. The van der Waals surface area contributed by atoms with E-state index in [4.69, 9.17) is 5.73 Å². The van der Waals surface area contributed by atoms with E-state index in [-0.39, 0.29) is 0 Å². The van der Waals surface area contributed by atoms with Crippen LogP contribution in [0.15, 0.2) is 0 Å². The van der Waals surface area contributed by atoms with E-state index in [9.17, 15) is 4.79 Å². The van der Waals surface area contributed by atoms with E-state index in [0.717, 1.165) is 19.4 Å². The number of hydrogen-bond donors (Lipinski definition) is 3. The minimum Gasteiger partial charge on any atom is -0.352 e. The Kier molecular flexibility index (Phi) is 6.47. The Morgan fingerprint density at radius 3 is 2.42 bits per heavy atom. The van der Waals surface area contributed by atoms with Gasteiger partial charge in [-0.15, -0.1) is 0 Å². The van der Waals surface area contributed by atoms with Crippen molar-refractivity contribution in [2.24, 2.45) is 5.73 Å². The van der Waals surface area contributed by atoms with Crippen molar-refractivity contribution in [3.8, 4) is 0 Å². The summed E-state index contributed by atoms with van der Waals surface area (Å²) < 4.78 is 0. The van der Waals surface area contributed by atoms with Crippen LogP contribution in [0.3, 0.4) is 0 Å². The zero-order valence-corrected chi connectivity index (χ0v) is 7.89. The molecule has 4 N–H and O–H groups in total. The molecule has 0 aromatic carbocycles. The van der Waals surface area contributed by atoms with Gasteiger partial charge in [0.2, 0.25) is 0 Å². The largest absolute Gasteiger partial charge is 0.352 e. The fourth-order valence-corrected chi connectivity index (χ4v) is 0.852. The van der Waals surface area contributed by atoms with Crippen molar-refractivity contribution in [2.45, 2.75) is 32.7 Å². The molecule has 0 fully saturated rings. The van der Waals surface area contributed by atoms with Crippen LogP contribution >= 0.6 is 0 Å². The number of nitrogens with one attached hydrogen (secondary N) is 2. The van der Waals surface area contributed by atoms with Gasteiger partial charge in [-0.25, -0.2) is 4.79 Å². The molecule has 0 radical (unpaired) electrons. The van der Waals surface area contributed by atoms with Gasteiger partial charge in [0.15, 0.2) is 0 Å². The summed E-state index contributed by atoms with van der Waals surface area (Å²) in [6.07, 6.45) is 2.04. The molecule has 0 saturated carbocycles. The second-order valence-electron chi connectivity index (χ2n) is 3.11. The highest BCUT2D eigenvalue weighted by Gasteiger charge is 1.93. The predicted octanol–water partition coefficient (Wildman–Crippen LogP) is 0.433. The lowest BCUT2D eigenvalue weighted by Gasteiger charge is -2.07. The van der Waals surface area contributed by atoms with Gasteiger partial charge in [-0.3, -0.25) is 0 Å². The highest BCUT2D eigenvalue weighted by molar-refractivity contribution is 5.71. The minimum atomic E-state index is -0.438. The Bertz CT molecular complexity index is 125. The predicted molar refractivity (Wildman–Crippen MR) is 50.0 cm³/mol. The van der Waals surface area contributed by atoms with Gasteiger partial charge in [0, 0.05) is 12.6 Å². The number of amides is 2. The lowest BCUT2D eigenvalue weighted by atomic mass is 10.3. The van der Waals surface area contributed by atoms with Crippen LogP contribution < -0.4 is 16.4 Å². The van der Waals surface area contributed by atoms with Crippen molar-refractivity contribution < 1.29 is 4.79 Å². The Morgan fingerprint density at radius 2 is 1.92 bits per heavy atom. The molecule has 0 spiro atoms. The smallest absolute Gasteiger partial charge is 0.312 e. The highest BCUT2D eigenvalue weighted by Crippen LogP contribution is 1.85. The van der Waals surface area contributed by atoms with Crippen LogP contribution in [-0.2, 0) is 0 Å². The van der Waals surface area contributed by atoms with E-state index in [1.54, 1.807) is 0 Å². The average Bonchev–Trinajstić information content (AvgIpc) is 1.95. The third-order valence-electron chi connectivity index (χ3n) is 1.46. The molecule has 0 saturated heterocycles. The van der Waals surface area contributed by atoms with Gasteiger partial charge in [-0.1, -0.05) is 13.8 Å². The molecule has 0 aliphatic carbocycles. The summed E-state index contributed by atoms with van der Waals surface area (Å²) in [5.74, 6) is 0. The highest BCUT2D eigenvalue weighted by atomic mass is 16.2. The minimum absolute atomic E-state index is 0.438. The standard InChI is InChI=1S/C8H19N3O/c1-7(2)10-5-3-4-6-11-8(9)12/h7,10H,3-6H2,1-2H3,(H3,9,11,12). The van der Waals surface area contributed by atoms with Crippen LogP contribution in [0.25, 0.3) is 0 Å². The van der Waals surface area contributed by atoms with Crippen molar-refractivity contribution in [3.63, 3.8) is 0 Å². The zero-order valence-electron chi connectivity index (χ0n) is 7.89. The molecule has 0 bridgehead atoms. The first-order chi connectivity index (χ1) is 5.63. The fraction of sp³-hybridized carbons (Fsp3) is 0.875. The Morgan fingerprint density at radius 1 is 1.33 bits per heavy atom. The molecule has 0 aromatic rings. The number of primary amides is 1. The summed E-state index contributed by atoms with van der Waals surface area (Å²) in [6, 6.07) is 0.0981. The van der Waals surface area contributed by atoms with Gasteiger partial charge in [0.25, 0.3) is 0 Å². The number of hydrogen-bond acceptors (Lipinski definition) is 2. The van der Waals surface area contributed by atoms with Gasteiger partial charge in [0.1, 0.15) is 0 Å². The van der Waals surface area contributed by atoms with Gasteiger partial charge >= 0.3 is 6.03 Å². The molecule has 0 rings (SSSR count). The van der Waals surface area contributed by atoms with Crippen LogP contribution in [-0.4, -0.2) is 25.2 Å². The number of carbonyl (C=O) groups is 1. The average molecular weight is 173 g/mol. The third kappa shape index (κ3) is 9.23. The molecule has 0 atom stereocenters. The van der Waals surface area contributed by atoms with Crippen molar-refractivity contribution in [3.05, 3.63) is 0 Å². The van der Waals surface area contributed by atoms with Gasteiger partial charge in [-0.05, 0) is 19.4 Å². The Balaban J connectivity index is 2.96. The molecular weight excluding hydrogens is 154 g/mol. The van der Waals surface area contributed by atoms with Crippen LogP contribution in [0.2, 0.25) is 0 Å². The van der Waals surface area contributed by atoms with Crippen molar-refractivity contribution in [2.75, 3.05) is 13.1 Å². The maximum Gasteiger partial charge on any atom is 0.312 e. The Hall–Kier alpha value is -0.770. The van der Waals surface area contributed by atoms with Crippen molar-refractivity contribution in [1.82, 2.24) is 10.6 Å². The molecule has 4 heteroatoms. The normalized spacial score (nSPS) is 10.2. The van der Waals surface area contributed by atoms with E-state index in [1.807, 2.05) is 0 Å². The van der Waals surface area contributed by atoms with Crippen LogP contribution in [0, 0.1) is 0 Å². The first-order valence-electron chi connectivity index (χ1n) is 4.39. The quantitative estimate of drug-likeness (QED) is 0.510. The summed E-state index contributed by atoms with van der Waals surface area (Å²) in [7, 11) is 0. The Labute approximate surface area is 73.9 Å². The number of rotatable bonds is 6. The number of nitrogens with two attached hydrogens (primary N) is 1. The van der Waals surface area contributed by atoms with Gasteiger partial charge in [0.05, 0.1) is 0 Å². The molecule has 0 heterocycles. The van der Waals surface area contributed by atoms with Crippen molar-refractivity contribution >= 4 is 6.03 Å². The second kappa shape index (κ2) is 6.91. The third-order valence-corrected chi connectivity index (χ3v) is 1.46. The summed E-state index contributed by atoms with van der Waals surface area (Å²) in [5.41, 5.74) is 4.89. The molecule has 0 unspecified atom stereocenters. The monoisotopic (exact) mass is 173 g/mol. The summed E-state index contributed by atoms with van der Waals surface area (Å²) in [4.78, 5) is 10.2. The molecule has 72 valence electrons. The lowest BCUT2D eigenvalue weighted by molar-refractivity contribution is 0.248. The molecule has 0 aliphatic heterocycles. The maximum absolute atomic E-state index is 10.2. The second-order valence-corrected chi connectivity index (χ2v) is 3.11. The van der Waals surface area contributed by atoms with E-state index in [2.05, 4.69) is 24.5 Å². The fourth-order valence-electron chi connectivity index (χ4n) is 0.852. The molecule has 0 aliphatic rings. The van der Waals surface area contributed by atoms with E-state index < -0.39 is 6.03 Å². The van der Waals surface area contributed by atoms with Crippen LogP contribution in [0.1, 0.15) is 26.7 Å². The molecule has 4 nitrogen and oxygen atoms in total. The van der Waals surface area contributed by atoms with E-state index >= 15 is 0 Å². The van der Waals surface area contributed by atoms with Gasteiger partial charge < -0.3 is 16.4 Å². The lowest BCUT2D eigenvalue weighted by Crippen LogP contribution is -2.30. The van der Waals surface area contributed by atoms with Crippen LogP contribution in [0.4, 0.5) is 4.79 Å². The first kappa shape index (κ1) is 11.2. The molecule has 0 aromatic heterocycles. The number of carbonyl (C=O) groups excluding carboxylic acids is 1. The maximum atomic E-state index is 10.2. The molecule has 12 heavy (non-hydrogen) atoms. The summed E-state index contributed by atoms with van der Waals surface area (Å²) >= 11 is 0. The summed E-state index contributed by atoms with van der Waals surface area (Å²) in [6.45, 7) is 5.90. The van der Waals surface area contributed by atoms with Gasteiger partial charge in [-0.2, -0.15) is 0 Å². The van der Waals surface area contributed by atoms with E-state index in [0.29, 0.717) is 12.6 Å². The number of unbranched alkanes of at least 4 members (excludes halogenated alkanes) is 1. The zero-order chi connectivity index (χ0) is 9.40. The summed E-state index contributed by atoms with van der Waals surface area (Å²) in [5, 5.41) is 5.83. The SMILES string of the molecule is CC(C)NCCCCNC(N)=O. The van der Waals surface area contributed by atoms with Crippen LogP contribution in [0.5, 0.6) is 0 Å². The topological polar surface area (TPSA) is 67.2 Å². The van der Waals surface area contributed by atoms with Crippen molar-refractivity contribution in [1.29, 1.82) is 0 Å². The first-order valence-corrected chi connectivity index (χ1v) is 4.39.